The number of carboxylic acid groups (broad SMARTS) is 1. The fourth-order valence-electron chi connectivity index (χ4n) is 2.70. The molecule has 0 aliphatic heterocycles. The third-order valence-electron chi connectivity index (χ3n) is 4.33. The van der Waals surface area contributed by atoms with Gasteiger partial charge in [0.15, 0.2) is 5.01 Å². The molecular formula is C21H11F3N4O5S. The molecule has 0 spiro atoms. The Kier molecular flexibility index (Phi) is 6.83. The molecule has 1 aromatic carbocycles. The van der Waals surface area contributed by atoms with Crippen molar-refractivity contribution in [3.63, 3.8) is 0 Å². The van der Waals surface area contributed by atoms with Gasteiger partial charge in [-0.25, -0.2) is 9.78 Å². The lowest BCUT2D eigenvalue weighted by Gasteiger charge is -2.11. The van der Waals surface area contributed by atoms with Crippen LogP contribution in [0.25, 0.3) is 0 Å². The number of nitrogens with one attached hydrogen (secondary N) is 1. The van der Waals surface area contributed by atoms with Crippen LogP contribution in [0.4, 0.5) is 13.2 Å². The number of benzene rings is 1. The quantitative estimate of drug-likeness (QED) is 0.447. The summed E-state index contributed by atoms with van der Waals surface area (Å²) in [6, 6.07) is 10.3. The smallest absolute Gasteiger partial charge is 0.475 e. The highest BCUT2D eigenvalue weighted by molar-refractivity contribution is 7.16. The molecule has 1 aliphatic rings. The van der Waals surface area contributed by atoms with Crippen LogP contribution in [-0.2, 0) is 11.3 Å². The minimum absolute atomic E-state index is 0.00553. The van der Waals surface area contributed by atoms with Crippen LogP contribution in [0, 0.1) is 11.3 Å². The molecule has 0 radical (unpaired) electrons. The molecule has 172 valence electrons. The van der Waals surface area contributed by atoms with Gasteiger partial charge in [-0.2, -0.15) is 18.4 Å². The number of ketones is 2. The number of halogens is 3. The fraction of sp³-hybridized carbons (Fsp3) is 0.0952. The summed E-state index contributed by atoms with van der Waals surface area (Å²) in [6.07, 6.45) is -2.30. The predicted octanol–water partition coefficient (Wildman–Crippen LogP) is 2.75. The van der Waals surface area contributed by atoms with Crippen molar-refractivity contribution >= 4 is 34.8 Å². The molecule has 0 bridgehead atoms. The van der Waals surface area contributed by atoms with E-state index >= 15 is 0 Å². The molecule has 4 rings (SSSR count). The maximum atomic E-state index is 12.6. The lowest BCUT2D eigenvalue weighted by molar-refractivity contribution is -0.192. The number of pyridine rings is 1. The summed E-state index contributed by atoms with van der Waals surface area (Å²) in [7, 11) is 0. The maximum Gasteiger partial charge on any atom is 0.490 e. The van der Waals surface area contributed by atoms with Crippen molar-refractivity contribution in [2.45, 2.75) is 12.7 Å². The van der Waals surface area contributed by atoms with Crippen molar-refractivity contribution in [3.8, 4) is 6.07 Å². The molecule has 2 aromatic heterocycles. The highest BCUT2D eigenvalue weighted by Crippen LogP contribution is 2.30. The van der Waals surface area contributed by atoms with E-state index in [-0.39, 0.29) is 39.0 Å². The van der Waals surface area contributed by atoms with Crippen LogP contribution in [0.15, 0.2) is 42.7 Å². The van der Waals surface area contributed by atoms with Crippen molar-refractivity contribution in [1.82, 2.24) is 15.3 Å². The van der Waals surface area contributed by atoms with Crippen LogP contribution in [0.1, 0.15) is 52.2 Å². The van der Waals surface area contributed by atoms with E-state index in [1.807, 2.05) is 6.07 Å². The van der Waals surface area contributed by atoms with Gasteiger partial charge < -0.3 is 10.4 Å². The van der Waals surface area contributed by atoms with Crippen LogP contribution in [0.3, 0.4) is 0 Å². The zero-order valence-corrected chi connectivity index (χ0v) is 17.5. The lowest BCUT2D eigenvalue weighted by Crippen LogP contribution is -2.23. The van der Waals surface area contributed by atoms with Crippen LogP contribution < -0.4 is 5.32 Å². The molecule has 13 heteroatoms. The maximum absolute atomic E-state index is 12.6. The van der Waals surface area contributed by atoms with Gasteiger partial charge in [-0.15, -0.1) is 11.3 Å². The molecular weight excluding hydrogens is 477 g/mol. The van der Waals surface area contributed by atoms with E-state index in [1.165, 1.54) is 18.5 Å². The van der Waals surface area contributed by atoms with E-state index < -0.39 is 23.8 Å². The summed E-state index contributed by atoms with van der Waals surface area (Å²) in [5.74, 6) is -3.96. The number of rotatable bonds is 3. The van der Waals surface area contributed by atoms with Crippen molar-refractivity contribution in [2.24, 2.45) is 0 Å². The number of carboxylic acids is 1. The highest BCUT2D eigenvalue weighted by atomic mass is 32.1. The molecule has 0 saturated heterocycles. The second-order valence-corrected chi connectivity index (χ2v) is 7.57. The largest absolute Gasteiger partial charge is 0.490 e. The Hall–Kier alpha value is -4.44. The van der Waals surface area contributed by atoms with Gasteiger partial charge in [-0.05, 0) is 23.8 Å². The van der Waals surface area contributed by atoms with Gasteiger partial charge in [-0.3, -0.25) is 19.4 Å². The van der Waals surface area contributed by atoms with Gasteiger partial charge >= 0.3 is 12.1 Å². The number of aliphatic carboxylic acids is 1. The molecule has 34 heavy (non-hydrogen) atoms. The van der Waals surface area contributed by atoms with E-state index in [9.17, 15) is 27.6 Å². The Morgan fingerprint density at radius 3 is 2.32 bits per heavy atom. The minimum Gasteiger partial charge on any atom is -0.475 e. The molecule has 3 aromatic rings. The third-order valence-corrected chi connectivity index (χ3v) is 5.38. The van der Waals surface area contributed by atoms with E-state index in [2.05, 4.69) is 15.3 Å². The van der Waals surface area contributed by atoms with E-state index in [1.54, 1.807) is 24.3 Å². The standard InChI is InChI=1S/C19H10N4O3S.C2HF3O2/c20-7-10-1-3-11(4-2-10)8-22-18(26)19-23-14-15(24)13-9-21-6-5-12(13)16(25)17(14)27-19;3-2(4,5)1(6)7/h1-6,9H,8H2,(H,22,26);(H,6,7). The first-order valence-corrected chi connectivity index (χ1v) is 9.96. The van der Waals surface area contributed by atoms with Crippen LogP contribution >= 0.6 is 11.3 Å². The first-order valence-electron chi connectivity index (χ1n) is 9.14. The highest BCUT2D eigenvalue weighted by Gasteiger charge is 2.38. The number of nitriles is 1. The van der Waals surface area contributed by atoms with E-state index in [0.29, 0.717) is 5.56 Å². The number of amides is 1. The number of nitrogens with zero attached hydrogens (tertiary/aromatic N) is 3. The molecule has 2 heterocycles. The summed E-state index contributed by atoms with van der Waals surface area (Å²) < 4.78 is 31.7. The SMILES string of the molecule is N#Cc1ccc(CNC(=O)c2nc3c(s2)C(=O)c2ccncc2C3=O)cc1.O=C(O)C(F)(F)F. The zero-order chi connectivity index (χ0) is 25.0. The number of thiazole rings is 1. The van der Waals surface area contributed by atoms with Gasteiger partial charge in [0, 0.05) is 24.5 Å². The molecule has 0 unspecified atom stereocenters. The Labute approximate surface area is 192 Å². The molecule has 9 nitrogen and oxygen atoms in total. The zero-order valence-electron chi connectivity index (χ0n) is 16.7. The van der Waals surface area contributed by atoms with Gasteiger partial charge in [0.05, 0.1) is 17.2 Å². The molecule has 1 amide bonds. The summed E-state index contributed by atoms with van der Waals surface area (Å²) in [5, 5.41) is 18.7. The molecule has 2 N–H and O–H groups in total. The summed E-state index contributed by atoms with van der Waals surface area (Å²) in [4.78, 5) is 54.5. The van der Waals surface area contributed by atoms with Crippen molar-refractivity contribution in [1.29, 1.82) is 5.26 Å². The monoisotopic (exact) mass is 488 g/mol. The summed E-state index contributed by atoms with van der Waals surface area (Å²) in [5.41, 5.74) is 1.81. The molecule has 0 saturated carbocycles. The molecule has 1 aliphatic carbocycles. The predicted molar refractivity (Wildman–Crippen MR) is 109 cm³/mol. The fourth-order valence-corrected chi connectivity index (χ4v) is 3.64. The second-order valence-electron chi connectivity index (χ2n) is 6.57. The van der Waals surface area contributed by atoms with Crippen molar-refractivity contribution < 1.29 is 37.5 Å². The Balaban J connectivity index is 0.000000406. The van der Waals surface area contributed by atoms with Crippen LogP contribution in [0.2, 0.25) is 0 Å². The molecule has 0 fully saturated rings. The van der Waals surface area contributed by atoms with E-state index in [4.69, 9.17) is 15.2 Å². The minimum atomic E-state index is -5.08. The number of aromatic nitrogens is 2. The number of carbonyl (C=O) groups excluding carboxylic acids is 3. The van der Waals surface area contributed by atoms with Gasteiger partial charge in [0.1, 0.15) is 10.6 Å². The average Bonchev–Trinajstić information content (AvgIpc) is 3.27. The van der Waals surface area contributed by atoms with Crippen LogP contribution in [-0.4, -0.2) is 44.7 Å². The van der Waals surface area contributed by atoms with Gasteiger partial charge in [0.25, 0.3) is 5.91 Å². The number of alkyl halides is 3. The summed E-state index contributed by atoms with van der Waals surface area (Å²) >= 11 is 0.903. The first-order chi connectivity index (χ1) is 16.0. The summed E-state index contributed by atoms with van der Waals surface area (Å²) in [6.45, 7) is 0.237. The van der Waals surface area contributed by atoms with Gasteiger partial charge in [-0.1, -0.05) is 12.1 Å². The number of carbonyl (C=O) groups is 4. The van der Waals surface area contributed by atoms with Gasteiger partial charge in [0.2, 0.25) is 11.6 Å². The number of fused-ring (bicyclic) bond motifs is 2. The Morgan fingerprint density at radius 2 is 1.74 bits per heavy atom. The third kappa shape index (κ3) is 5.13. The Morgan fingerprint density at radius 1 is 1.09 bits per heavy atom. The second kappa shape index (κ2) is 9.59. The average molecular weight is 488 g/mol. The molecule has 0 atom stereocenters. The first kappa shape index (κ1) is 24.2. The van der Waals surface area contributed by atoms with Crippen molar-refractivity contribution in [2.75, 3.05) is 0 Å². The van der Waals surface area contributed by atoms with Crippen LogP contribution in [0.5, 0.6) is 0 Å². The normalized spacial score (nSPS) is 11.9. The Bertz CT molecular complexity index is 1290. The van der Waals surface area contributed by atoms with E-state index in [0.717, 1.165) is 16.9 Å². The van der Waals surface area contributed by atoms with Crippen molar-refractivity contribution in [3.05, 3.63) is 80.6 Å². The number of hydrogen-bond donors (Lipinski definition) is 2. The topological polar surface area (TPSA) is 150 Å². The lowest BCUT2D eigenvalue weighted by atomic mass is 9.93. The number of hydrogen-bond acceptors (Lipinski definition) is 8.